The number of carbonyl (C=O) groups is 1. The molecular formula is C17H14ClF3N4OS. The molecule has 0 radical (unpaired) electrons. The minimum atomic E-state index is -4.58. The van der Waals surface area contributed by atoms with Gasteiger partial charge in [-0.05, 0) is 26.0 Å². The molecular weight excluding hydrogens is 401 g/mol. The molecule has 1 N–H and O–H groups in total. The summed E-state index contributed by atoms with van der Waals surface area (Å²) in [5.74, 6) is -0.378. The van der Waals surface area contributed by atoms with Gasteiger partial charge < -0.3 is 5.32 Å². The van der Waals surface area contributed by atoms with Crippen molar-refractivity contribution in [1.82, 2.24) is 19.9 Å². The third-order valence-corrected chi connectivity index (χ3v) is 4.72. The summed E-state index contributed by atoms with van der Waals surface area (Å²) in [6.07, 6.45) is -1.96. The van der Waals surface area contributed by atoms with Gasteiger partial charge in [0, 0.05) is 17.7 Å². The summed E-state index contributed by atoms with van der Waals surface area (Å²) in [5, 5.41) is 5.67. The molecule has 3 rings (SSSR count). The van der Waals surface area contributed by atoms with Crippen molar-refractivity contribution >= 4 is 39.9 Å². The van der Waals surface area contributed by atoms with Gasteiger partial charge in [-0.3, -0.25) is 4.79 Å². The number of nitrogens with zero attached hydrogens (tertiary/aromatic N) is 3. The summed E-state index contributed by atoms with van der Waals surface area (Å²) in [5.41, 5.74) is 1.12. The lowest BCUT2D eigenvalue weighted by Crippen LogP contribution is -2.28. The van der Waals surface area contributed by atoms with Gasteiger partial charge in [0.15, 0.2) is 0 Å². The van der Waals surface area contributed by atoms with Gasteiger partial charge >= 0.3 is 6.18 Å². The molecule has 0 bridgehead atoms. The summed E-state index contributed by atoms with van der Waals surface area (Å²) in [6, 6.07) is 6.74. The number of nitrogens with one attached hydrogen (secondary N) is 1. The molecule has 0 spiro atoms. The zero-order valence-electron chi connectivity index (χ0n) is 14.2. The first-order valence-electron chi connectivity index (χ1n) is 7.87. The molecule has 0 atom stereocenters. The lowest BCUT2D eigenvalue weighted by Gasteiger charge is -2.05. The monoisotopic (exact) mass is 414 g/mol. The first kappa shape index (κ1) is 19.4. The van der Waals surface area contributed by atoms with E-state index in [1.807, 2.05) is 0 Å². The number of imidazole rings is 1. The summed E-state index contributed by atoms with van der Waals surface area (Å²) in [7, 11) is 0. The second-order valence-corrected chi connectivity index (χ2v) is 7.28. The van der Waals surface area contributed by atoms with E-state index in [0.29, 0.717) is 27.6 Å². The van der Waals surface area contributed by atoms with Crippen LogP contribution >= 0.6 is 22.9 Å². The third-order valence-electron chi connectivity index (χ3n) is 3.43. The fraction of sp³-hybridized carbons (Fsp3) is 0.235. The highest BCUT2D eigenvalue weighted by Crippen LogP contribution is 2.36. The fourth-order valence-electron chi connectivity index (χ4n) is 2.37. The number of fused-ring (bicyclic) bond motifs is 1. The van der Waals surface area contributed by atoms with E-state index in [0.717, 1.165) is 4.52 Å². The van der Waals surface area contributed by atoms with Gasteiger partial charge in [-0.1, -0.05) is 41.1 Å². The molecule has 0 aliphatic carbocycles. The Morgan fingerprint density at radius 1 is 1.33 bits per heavy atom. The van der Waals surface area contributed by atoms with Gasteiger partial charge in [0.25, 0.3) is 0 Å². The molecule has 3 aromatic rings. The molecule has 5 nitrogen and oxygen atoms in total. The molecule has 0 aliphatic rings. The highest BCUT2D eigenvalue weighted by Gasteiger charge is 2.36. The molecule has 0 saturated carbocycles. The molecule has 142 valence electrons. The van der Waals surface area contributed by atoms with E-state index in [1.54, 1.807) is 38.1 Å². The van der Waals surface area contributed by atoms with Crippen molar-refractivity contribution in [2.75, 3.05) is 0 Å². The van der Waals surface area contributed by atoms with Crippen LogP contribution in [0.5, 0.6) is 0 Å². The molecule has 10 heteroatoms. The number of carbonyl (C=O) groups excluding carboxylic acids is 1. The first-order valence-corrected chi connectivity index (χ1v) is 9.06. The van der Waals surface area contributed by atoms with E-state index < -0.39 is 11.2 Å². The van der Waals surface area contributed by atoms with Crippen LogP contribution in [-0.2, 0) is 11.0 Å². The van der Waals surface area contributed by atoms with Crippen LogP contribution in [0.25, 0.3) is 22.3 Å². The zero-order valence-corrected chi connectivity index (χ0v) is 15.8. The Morgan fingerprint density at radius 2 is 2.04 bits per heavy atom. The number of alkyl halides is 3. The summed E-state index contributed by atoms with van der Waals surface area (Å²) in [4.78, 5) is 16.2. The standard InChI is InChI=1S/C17H14ClF3N4OS/c1-9(2)22-13(26)8-7-12-14(10-5-3-4-6-11(10)18)23-16-25(12)24-15(27-16)17(19,20)21/h3-9H,1-2H3,(H,22,26). The van der Waals surface area contributed by atoms with E-state index in [1.165, 1.54) is 12.2 Å². The average Bonchev–Trinajstić information content (AvgIpc) is 3.10. The number of hydrogen-bond donors (Lipinski definition) is 1. The minimum absolute atomic E-state index is 0.0566. The van der Waals surface area contributed by atoms with Crippen LogP contribution in [0.15, 0.2) is 30.3 Å². The average molecular weight is 415 g/mol. The van der Waals surface area contributed by atoms with Crippen LogP contribution in [0.1, 0.15) is 24.5 Å². The summed E-state index contributed by atoms with van der Waals surface area (Å²) >= 11 is 6.63. The van der Waals surface area contributed by atoms with Crippen molar-refractivity contribution in [1.29, 1.82) is 0 Å². The van der Waals surface area contributed by atoms with E-state index >= 15 is 0 Å². The highest BCUT2D eigenvalue weighted by molar-refractivity contribution is 7.16. The maximum absolute atomic E-state index is 13.0. The number of benzene rings is 1. The Morgan fingerprint density at radius 3 is 2.67 bits per heavy atom. The molecule has 0 saturated heterocycles. The SMILES string of the molecule is CC(C)NC(=O)C=Cc1c(-c2ccccc2Cl)nc2sc(C(F)(F)F)nn12. The molecule has 27 heavy (non-hydrogen) atoms. The number of aromatic nitrogens is 3. The van der Waals surface area contributed by atoms with E-state index in [4.69, 9.17) is 11.6 Å². The molecule has 1 amide bonds. The zero-order chi connectivity index (χ0) is 19.8. The van der Waals surface area contributed by atoms with E-state index in [-0.39, 0.29) is 22.6 Å². The van der Waals surface area contributed by atoms with Crippen LogP contribution in [0, 0.1) is 0 Å². The van der Waals surface area contributed by atoms with Gasteiger partial charge in [0.05, 0.1) is 10.7 Å². The lowest BCUT2D eigenvalue weighted by molar-refractivity contribution is -0.138. The molecule has 1 aromatic carbocycles. The van der Waals surface area contributed by atoms with Crippen LogP contribution in [-0.4, -0.2) is 26.5 Å². The van der Waals surface area contributed by atoms with Crippen molar-refractivity contribution in [2.45, 2.75) is 26.1 Å². The van der Waals surface area contributed by atoms with Crippen molar-refractivity contribution in [3.05, 3.63) is 46.1 Å². The fourth-order valence-corrected chi connectivity index (χ4v) is 3.37. The molecule has 0 aliphatic heterocycles. The minimum Gasteiger partial charge on any atom is -0.350 e. The number of halogens is 4. The number of hydrogen-bond acceptors (Lipinski definition) is 4. The third kappa shape index (κ3) is 4.14. The predicted octanol–water partition coefficient (Wildman–Crippen LogP) is 4.67. The summed E-state index contributed by atoms with van der Waals surface area (Å²) in [6.45, 7) is 3.60. The van der Waals surface area contributed by atoms with Gasteiger partial charge in [-0.25, -0.2) is 9.50 Å². The van der Waals surface area contributed by atoms with Gasteiger partial charge in [0.2, 0.25) is 15.9 Å². The smallest absolute Gasteiger partial charge is 0.350 e. The second kappa shape index (κ2) is 7.32. The maximum atomic E-state index is 13.0. The molecule has 0 unspecified atom stereocenters. The number of amides is 1. The Balaban J connectivity index is 2.15. The summed E-state index contributed by atoms with van der Waals surface area (Å²) < 4.78 is 40.0. The molecule has 0 fully saturated rings. The quantitative estimate of drug-likeness (QED) is 0.631. The Labute approximate surface area is 161 Å². The van der Waals surface area contributed by atoms with Crippen LogP contribution in [0.3, 0.4) is 0 Å². The molecule has 2 heterocycles. The maximum Gasteiger partial charge on any atom is 0.445 e. The van der Waals surface area contributed by atoms with E-state index in [9.17, 15) is 18.0 Å². The Bertz CT molecular complexity index is 1020. The van der Waals surface area contributed by atoms with Crippen molar-refractivity contribution in [3.8, 4) is 11.3 Å². The van der Waals surface area contributed by atoms with Gasteiger partial charge in [0.1, 0.15) is 5.69 Å². The first-order chi connectivity index (χ1) is 12.7. The van der Waals surface area contributed by atoms with Crippen molar-refractivity contribution in [3.63, 3.8) is 0 Å². The number of rotatable bonds is 4. The lowest BCUT2D eigenvalue weighted by atomic mass is 10.1. The van der Waals surface area contributed by atoms with Gasteiger partial charge in [-0.15, -0.1) is 5.10 Å². The topological polar surface area (TPSA) is 59.3 Å². The van der Waals surface area contributed by atoms with E-state index in [2.05, 4.69) is 15.4 Å². The largest absolute Gasteiger partial charge is 0.445 e. The normalized spacial score (nSPS) is 12.4. The second-order valence-electron chi connectivity index (χ2n) is 5.92. The van der Waals surface area contributed by atoms with Crippen molar-refractivity contribution in [2.24, 2.45) is 0 Å². The van der Waals surface area contributed by atoms with Crippen LogP contribution in [0.2, 0.25) is 5.02 Å². The van der Waals surface area contributed by atoms with Crippen LogP contribution in [0.4, 0.5) is 13.2 Å². The van der Waals surface area contributed by atoms with Gasteiger partial charge in [-0.2, -0.15) is 13.2 Å². The Kier molecular flexibility index (Phi) is 5.25. The Hall–Kier alpha value is -2.39. The predicted molar refractivity (Wildman–Crippen MR) is 98.6 cm³/mol. The molecule has 2 aromatic heterocycles. The van der Waals surface area contributed by atoms with Crippen molar-refractivity contribution < 1.29 is 18.0 Å². The highest BCUT2D eigenvalue weighted by atomic mass is 35.5. The van der Waals surface area contributed by atoms with Crippen LogP contribution < -0.4 is 5.32 Å².